The van der Waals surface area contributed by atoms with E-state index in [-0.39, 0.29) is 18.2 Å². The maximum atomic E-state index is 12.3. The minimum Gasteiger partial charge on any atom is -0.459 e. The first kappa shape index (κ1) is 15.4. The van der Waals surface area contributed by atoms with Crippen LogP contribution in [0.25, 0.3) is 0 Å². The van der Waals surface area contributed by atoms with Crippen LogP contribution in [0.1, 0.15) is 23.1 Å². The Morgan fingerprint density at radius 3 is 2.73 bits per heavy atom. The summed E-state index contributed by atoms with van der Waals surface area (Å²) < 4.78 is 6.20. The molecule has 0 unspecified atom stereocenters. The number of hydrogen-bond donors (Lipinski definition) is 1. The number of imidazole rings is 1. The summed E-state index contributed by atoms with van der Waals surface area (Å²) in [6, 6.07) is 6.27. The Morgan fingerprint density at radius 1 is 1.32 bits per heavy atom. The van der Waals surface area contributed by atoms with E-state index >= 15 is 0 Å². The van der Waals surface area contributed by atoms with E-state index in [9.17, 15) is 14.4 Å². The topological polar surface area (TPSA) is 90.3 Å². The van der Waals surface area contributed by atoms with Gasteiger partial charge in [0.05, 0.1) is 6.61 Å². The van der Waals surface area contributed by atoms with Crippen molar-refractivity contribution in [2.45, 2.75) is 6.92 Å². The number of aryl methyl sites for hydroxylation is 1. The number of amides is 1. The number of rotatable bonds is 4. The Labute approximate surface area is 126 Å². The van der Waals surface area contributed by atoms with Gasteiger partial charge < -0.3 is 14.6 Å². The Balaban J connectivity index is 2.17. The van der Waals surface area contributed by atoms with E-state index in [4.69, 9.17) is 0 Å². The van der Waals surface area contributed by atoms with Gasteiger partial charge in [-0.25, -0.2) is 9.78 Å². The Hall–Kier alpha value is -2.96. The molecule has 0 aliphatic rings. The average molecular weight is 301 g/mol. The van der Waals surface area contributed by atoms with Crippen LogP contribution in [0.4, 0.5) is 5.69 Å². The third-order valence-electron chi connectivity index (χ3n) is 2.87. The van der Waals surface area contributed by atoms with Crippen molar-refractivity contribution >= 4 is 23.3 Å². The van der Waals surface area contributed by atoms with Crippen molar-refractivity contribution in [3.05, 3.63) is 48.0 Å². The third kappa shape index (κ3) is 3.38. The Bertz CT molecular complexity index is 721. The molecule has 1 heterocycles. The van der Waals surface area contributed by atoms with Gasteiger partial charge in [-0.1, -0.05) is 12.1 Å². The molecule has 0 aliphatic heterocycles. The molecule has 0 fully saturated rings. The molecule has 0 saturated heterocycles. The first-order chi connectivity index (χ1) is 10.5. The lowest BCUT2D eigenvalue weighted by atomic mass is 10.1. The van der Waals surface area contributed by atoms with Gasteiger partial charge in [0.25, 0.3) is 0 Å². The first-order valence-corrected chi connectivity index (χ1v) is 6.63. The predicted molar refractivity (Wildman–Crippen MR) is 78.3 cm³/mol. The SMILES string of the molecule is CCOC(=O)C(=O)Nc1cccc(C(=O)c2nccn2C)c1. The van der Waals surface area contributed by atoms with Gasteiger partial charge in [0.15, 0.2) is 5.82 Å². The molecule has 114 valence electrons. The normalized spacial score (nSPS) is 10.1. The predicted octanol–water partition coefficient (Wildman–Crippen LogP) is 1.15. The van der Waals surface area contributed by atoms with Crippen LogP contribution in [-0.4, -0.2) is 33.8 Å². The molecular formula is C15H15N3O4. The molecule has 7 heteroatoms. The minimum absolute atomic E-state index is 0.115. The van der Waals surface area contributed by atoms with Crippen LogP contribution in [0.15, 0.2) is 36.7 Å². The van der Waals surface area contributed by atoms with Gasteiger partial charge in [0.1, 0.15) is 0 Å². The lowest BCUT2D eigenvalue weighted by molar-refractivity contribution is -0.152. The highest BCUT2D eigenvalue weighted by molar-refractivity contribution is 6.37. The minimum atomic E-state index is -0.969. The molecule has 7 nitrogen and oxygen atoms in total. The molecule has 22 heavy (non-hydrogen) atoms. The van der Waals surface area contributed by atoms with Gasteiger partial charge in [0, 0.05) is 30.7 Å². The molecule has 0 aliphatic carbocycles. The van der Waals surface area contributed by atoms with Gasteiger partial charge in [0.2, 0.25) is 5.78 Å². The molecule has 0 spiro atoms. The largest absolute Gasteiger partial charge is 0.459 e. The Kier molecular flexibility index (Phi) is 4.67. The summed E-state index contributed by atoms with van der Waals surface area (Å²) in [5.41, 5.74) is 0.689. The zero-order chi connectivity index (χ0) is 16.1. The Morgan fingerprint density at radius 2 is 2.09 bits per heavy atom. The highest BCUT2D eigenvalue weighted by atomic mass is 16.5. The van der Waals surface area contributed by atoms with Crippen molar-refractivity contribution < 1.29 is 19.1 Å². The number of ether oxygens (including phenoxy) is 1. The lowest BCUT2D eigenvalue weighted by Gasteiger charge is -2.06. The van der Waals surface area contributed by atoms with E-state index in [1.165, 1.54) is 12.3 Å². The van der Waals surface area contributed by atoms with Gasteiger partial charge in [-0.2, -0.15) is 0 Å². The summed E-state index contributed by atoms with van der Waals surface area (Å²) in [5, 5.41) is 2.39. The summed E-state index contributed by atoms with van der Waals surface area (Å²) in [6.45, 7) is 1.72. The highest BCUT2D eigenvalue weighted by Gasteiger charge is 2.17. The summed E-state index contributed by atoms with van der Waals surface area (Å²) >= 11 is 0. The average Bonchev–Trinajstić information content (AvgIpc) is 2.93. The van der Waals surface area contributed by atoms with Gasteiger partial charge in [-0.15, -0.1) is 0 Å². The fourth-order valence-electron chi connectivity index (χ4n) is 1.83. The number of anilines is 1. The number of nitrogens with one attached hydrogen (secondary N) is 1. The lowest BCUT2D eigenvalue weighted by Crippen LogP contribution is -2.25. The molecule has 1 amide bonds. The van der Waals surface area contributed by atoms with E-state index in [1.54, 1.807) is 42.9 Å². The zero-order valence-corrected chi connectivity index (χ0v) is 12.2. The maximum absolute atomic E-state index is 12.3. The fraction of sp³-hybridized carbons (Fsp3) is 0.200. The molecule has 2 aromatic rings. The second-order valence-corrected chi connectivity index (χ2v) is 4.45. The summed E-state index contributed by atoms with van der Waals surface area (Å²) in [4.78, 5) is 39.2. The number of ketones is 1. The quantitative estimate of drug-likeness (QED) is 0.520. The van der Waals surface area contributed by atoms with Crippen LogP contribution in [0.2, 0.25) is 0 Å². The van der Waals surface area contributed by atoms with E-state index in [1.807, 2.05) is 0 Å². The second-order valence-electron chi connectivity index (χ2n) is 4.45. The van der Waals surface area contributed by atoms with Crippen LogP contribution < -0.4 is 5.32 Å². The van der Waals surface area contributed by atoms with E-state index in [0.29, 0.717) is 11.3 Å². The van der Waals surface area contributed by atoms with Crippen molar-refractivity contribution in [3.8, 4) is 0 Å². The highest BCUT2D eigenvalue weighted by Crippen LogP contribution is 2.14. The molecule has 1 aromatic carbocycles. The van der Waals surface area contributed by atoms with Gasteiger partial charge in [-0.3, -0.25) is 9.59 Å². The van der Waals surface area contributed by atoms with Crippen LogP contribution in [0.3, 0.4) is 0 Å². The molecule has 0 bridgehead atoms. The fourth-order valence-corrected chi connectivity index (χ4v) is 1.83. The second kappa shape index (κ2) is 6.66. The molecule has 2 rings (SSSR count). The number of carbonyl (C=O) groups is 3. The van der Waals surface area contributed by atoms with Gasteiger partial charge >= 0.3 is 11.9 Å². The number of benzene rings is 1. The number of aromatic nitrogens is 2. The van der Waals surface area contributed by atoms with Crippen LogP contribution >= 0.6 is 0 Å². The monoisotopic (exact) mass is 301 g/mol. The van der Waals surface area contributed by atoms with Crippen LogP contribution in [0, 0.1) is 0 Å². The van der Waals surface area contributed by atoms with Crippen LogP contribution in [0.5, 0.6) is 0 Å². The first-order valence-electron chi connectivity index (χ1n) is 6.63. The molecule has 0 saturated carbocycles. The van der Waals surface area contributed by atoms with Crippen molar-refractivity contribution in [2.24, 2.45) is 7.05 Å². The maximum Gasteiger partial charge on any atom is 0.397 e. The molecule has 0 radical (unpaired) electrons. The van der Waals surface area contributed by atoms with Crippen LogP contribution in [-0.2, 0) is 21.4 Å². The molecule has 1 N–H and O–H groups in total. The van der Waals surface area contributed by atoms with Gasteiger partial charge in [-0.05, 0) is 19.1 Å². The van der Waals surface area contributed by atoms with Crippen molar-refractivity contribution in [2.75, 3.05) is 11.9 Å². The standard InChI is InChI=1S/C15H15N3O4/c1-3-22-15(21)14(20)17-11-6-4-5-10(9-11)12(19)13-16-7-8-18(13)2/h4-9H,3H2,1-2H3,(H,17,20). The van der Waals surface area contributed by atoms with Crippen molar-refractivity contribution in [3.63, 3.8) is 0 Å². The van der Waals surface area contributed by atoms with Crippen molar-refractivity contribution in [1.29, 1.82) is 0 Å². The summed E-state index contributed by atoms with van der Waals surface area (Å²) in [7, 11) is 1.71. The number of hydrogen-bond acceptors (Lipinski definition) is 5. The van der Waals surface area contributed by atoms with E-state index < -0.39 is 11.9 Å². The summed E-state index contributed by atoms with van der Waals surface area (Å²) in [6.07, 6.45) is 3.19. The molecule has 1 aromatic heterocycles. The van der Waals surface area contributed by atoms with E-state index in [2.05, 4.69) is 15.0 Å². The van der Waals surface area contributed by atoms with E-state index in [0.717, 1.165) is 0 Å². The number of nitrogens with zero attached hydrogens (tertiary/aromatic N) is 2. The molecular weight excluding hydrogens is 286 g/mol. The summed E-state index contributed by atoms with van der Waals surface area (Å²) in [5.74, 6) is -1.85. The van der Waals surface area contributed by atoms with Crippen molar-refractivity contribution in [1.82, 2.24) is 9.55 Å². The third-order valence-corrected chi connectivity index (χ3v) is 2.87. The zero-order valence-electron chi connectivity index (χ0n) is 12.2. The number of esters is 1. The smallest absolute Gasteiger partial charge is 0.397 e. The number of carbonyl (C=O) groups excluding carboxylic acids is 3. The molecule has 0 atom stereocenters.